The molecule has 1 saturated heterocycles. The molecule has 1 N–H and O–H groups in total. The van der Waals surface area contributed by atoms with Crippen molar-refractivity contribution < 1.29 is 22.7 Å². The number of piperazine rings is 1. The fourth-order valence-electron chi connectivity index (χ4n) is 1.55. The van der Waals surface area contributed by atoms with Gasteiger partial charge in [-0.3, -0.25) is 4.79 Å². The molecule has 1 fully saturated rings. The summed E-state index contributed by atoms with van der Waals surface area (Å²) < 4.78 is 39.6. The molecule has 1 unspecified atom stereocenters. The van der Waals surface area contributed by atoms with Crippen molar-refractivity contribution in [2.75, 3.05) is 32.8 Å². The van der Waals surface area contributed by atoms with Crippen molar-refractivity contribution in [2.24, 2.45) is 0 Å². The number of hydrogen-bond donors (Lipinski definition) is 1. The molecule has 0 aromatic rings. The van der Waals surface area contributed by atoms with E-state index in [1.807, 2.05) is 6.92 Å². The van der Waals surface area contributed by atoms with E-state index in [9.17, 15) is 18.0 Å². The standard InChI is InChI=1S/C9H15F3N2O2.ClH/c1-7-4-13-2-3-14(7)8(15)5-16-6-9(10,11)12;/h7,13H,2-6H2,1H3;1H. The van der Waals surface area contributed by atoms with E-state index in [1.54, 1.807) is 0 Å². The van der Waals surface area contributed by atoms with E-state index in [1.165, 1.54) is 4.90 Å². The number of halogens is 4. The zero-order chi connectivity index (χ0) is 12.2. The summed E-state index contributed by atoms with van der Waals surface area (Å²) in [6.45, 7) is 1.78. The molecule has 4 nitrogen and oxygen atoms in total. The first-order valence-electron chi connectivity index (χ1n) is 5.05. The second-order valence-electron chi connectivity index (χ2n) is 3.75. The molecule has 0 radical (unpaired) electrons. The first kappa shape index (κ1) is 16.5. The van der Waals surface area contributed by atoms with Gasteiger partial charge in [0.2, 0.25) is 5.91 Å². The Balaban J connectivity index is 0.00000256. The number of hydrogen-bond acceptors (Lipinski definition) is 3. The number of alkyl halides is 3. The minimum absolute atomic E-state index is 0. The van der Waals surface area contributed by atoms with E-state index in [4.69, 9.17) is 0 Å². The molecule has 1 atom stereocenters. The number of nitrogens with zero attached hydrogens (tertiary/aromatic N) is 1. The van der Waals surface area contributed by atoms with Gasteiger partial charge in [0.15, 0.2) is 0 Å². The van der Waals surface area contributed by atoms with E-state index in [0.29, 0.717) is 19.6 Å². The van der Waals surface area contributed by atoms with Crippen molar-refractivity contribution in [3.8, 4) is 0 Å². The highest BCUT2D eigenvalue weighted by Crippen LogP contribution is 2.14. The lowest BCUT2D eigenvalue weighted by molar-refractivity contribution is -0.178. The van der Waals surface area contributed by atoms with Crippen LogP contribution in [0.1, 0.15) is 6.92 Å². The fourth-order valence-corrected chi connectivity index (χ4v) is 1.55. The number of carbonyl (C=O) groups excluding carboxylic acids is 1. The third kappa shape index (κ3) is 6.09. The molecule has 0 bridgehead atoms. The number of nitrogens with one attached hydrogen (secondary N) is 1. The minimum atomic E-state index is -4.38. The van der Waals surface area contributed by atoms with E-state index in [2.05, 4.69) is 10.1 Å². The highest BCUT2D eigenvalue weighted by atomic mass is 35.5. The van der Waals surface area contributed by atoms with Gasteiger partial charge < -0.3 is 15.0 Å². The minimum Gasteiger partial charge on any atom is -0.362 e. The maximum absolute atomic E-state index is 11.8. The predicted molar refractivity (Wildman–Crippen MR) is 58.2 cm³/mol. The first-order chi connectivity index (χ1) is 7.40. The summed E-state index contributed by atoms with van der Waals surface area (Å²) in [6.07, 6.45) is -4.38. The molecular weight excluding hydrogens is 261 g/mol. The van der Waals surface area contributed by atoms with Crippen LogP contribution in [0.4, 0.5) is 13.2 Å². The SMILES string of the molecule is CC1CNCCN1C(=O)COCC(F)(F)F.Cl. The van der Waals surface area contributed by atoms with Crippen LogP contribution in [-0.2, 0) is 9.53 Å². The highest BCUT2D eigenvalue weighted by Gasteiger charge is 2.29. The summed E-state index contributed by atoms with van der Waals surface area (Å²) in [7, 11) is 0. The van der Waals surface area contributed by atoms with Crippen molar-refractivity contribution in [3.63, 3.8) is 0 Å². The van der Waals surface area contributed by atoms with Crippen LogP contribution < -0.4 is 5.32 Å². The fraction of sp³-hybridized carbons (Fsp3) is 0.889. The Morgan fingerprint density at radius 1 is 1.53 bits per heavy atom. The van der Waals surface area contributed by atoms with Gasteiger partial charge in [0.05, 0.1) is 0 Å². The van der Waals surface area contributed by atoms with Crippen molar-refractivity contribution >= 4 is 18.3 Å². The number of carbonyl (C=O) groups is 1. The second-order valence-corrected chi connectivity index (χ2v) is 3.75. The number of amides is 1. The van der Waals surface area contributed by atoms with Gasteiger partial charge in [-0.25, -0.2) is 0 Å². The van der Waals surface area contributed by atoms with Crippen LogP contribution in [0.3, 0.4) is 0 Å². The lowest BCUT2D eigenvalue weighted by atomic mass is 10.2. The van der Waals surface area contributed by atoms with Gasteiger partial charge in [-0.15, -0.1) is 12.4 Å². The Labute approximate surface area is 104 Å². The molecule has 17 heavy (non-hydrogen) atoms. The molecular formula is C9H16ClF3N2O2. The maximum Gasteiger partial charge on any atom is 0.411 e. The smallest absolute Gasteiger partial charge is 0.362 e. The number of ether oxygens (including phenoxy) is 1. The Kier molecular flexibility index (Phi) is 6.81. The molecule has 8 heteroatoms. The molecule has 0 spiro atoms. The van der Waals surface area contributed by atoms with E-state index in [0.717, 1.165) is 0 Å². The van der Waals surface area contributed by atoms with Crippen LogP contribution in [0.2, 0.25) is 0 Å². The Bertz CT molecular complexity index is 251. The summed E-state index contributed by atoms with van der Waals surface area (Å²) >= 11 is 0. The van der Waals surface area contributed by atoms with Crippen LogP contribution >= 0.6 is 12.4 Å². The maximum atomic E-state index is 11.8. The van der Waals surface area contributed by atoms with Crippen LogP contribution in [0.5, 0.6) is 0 Å². The summed E-state index contributed by atoms with van der Waals surface area (Å²) in [5, 5.41) is 3.09. The van der Waals surface area contributed by atoms with Crippen molar-refractivity contribution in [1.29, 1.82) is 0 Å². The van der Waals surface area contributed by atoms with Gasteiger partial charge in [-0.05, 0) is 6.92 Å². The van der Waals surface area contributed by atoms with E-state index >= 15 is 0 Å². The Morgan fingerprint density at radius 3 is 2.71 bits per heavy atom. The normalized spacial score (nSPS) is 20.9. The van der Waals surface area contributed by atoms with Crippen LogP contribution in [0, 0.1) is 0 Å². The van der Waals surface area contributed by atoms with Gasteiger partial charge in [0.25, 0.3) is 0 Å². The monoisotopic (exact) mass is 276 g/mol. The zero-order valence-corrected chi connectivity index (χ0v) is 10.2. The van der Waals surface area contributed by atoms with Gasteiger partial charge >= 0.3 is 6.18 Å². The van der Waals surface area contributed by atoms with Crippen LogP contribution in [-0.4, -0.2) is 55.9 Å². The largest absolute Gasteiger partial charge is 0.411 e. The van der Waals surface area contributed by atoms with Crippen LogP contribution in [0.25, 0.3) is 0 Å². The highest BCUT2D eigenvalue weighted by molar-refractivity contribution is 5.85. The average Bonchev–Trinajstić information content (AvgIpc) is 2.16. The first-order valence-corrected chi connectivity index (χ1v) is 5.05. The molecule has 0 aliphatic carbocycles. The quantitative estimate of drug-likeness (QED) is 0.829. The average molecular weight is 277 g/mol. The molecule has 102 valence electrons. The lowest BCUT2D eigenvalue weighted by Crippen LogP contribution is -2.53. The second kappa shape index (κ2) is 7.03. The molecule has 0 saturated carbocycles. The molecule has 1 heterocycles. The Hall–Kier alpha value is -0.530. The van der Waals surface area contributed by atoms with E-state index in [-0.39, 0.29) is 18.4 Å². The number of rotatable bonds is 3. The molecule has 0 aromatic carbocycles. The van der Waals surface area contributed by atoms with Crippen molar-refractivity contribution in [3.05, 3.63) is 0 Å². The summed E-state index contributed by atoms with van der Waals surface area (Å²) in [4.78, 5) is 13.0. The summed E-state index contributed by atoms with van der Waals surface area (Å²) in [5.74, 6) is -0.391. The van der Waals surface area contributed by atoms with Gasteiger partial charge in [0, 0.05) is 25.7 Å². The van der Waals surface area contributed by atoms with Gasteiger partial charge in [-0.1, -0.05) is 0 Å². The summed E-state index contributed by atoms with van der Waals surface area (Å²) in [5.41, 5.74) is 0. The molecule has 1 aliphatic rings. The van der Waals surface area contributed by atoms with Gasteiger partial charge in [0.1, 0.15) is 13.2 Å². The third-order valence-corrected chi connectivity index (χ3v) is 2.31. The lowest BCUT2D eigenvalue weighted by Gasteiger charge is -2.33. The zero-order valence-electron chi connectivity index (χ0n) is 9.42. The van der Waals surface area contributed by atoms with Gasteiger partial charge in [-0.2, -0.15) is 13.2 Å². The molecule has 0 aromatic heterocycles. The topological polar surface area (TPSA) is 41.6 Å². The van der Waals surface area contributed by atoms with E-state index < -0.39 is 25.3 Å². The summed E-state index contributed by atoms with van der Waals surface area (Å²) in [6, 6.07) is -0.00395. The Morgan fingerprint density at radius 2 is 2.18 bits per heavy atom. The molecule has 1 rings (SSSR count). The third-order valence-electron chi connectivity index (χ3n) is 2.31. The molecule has 1 amide bonds. The molecule has 1 aliphatic heterocycles. The van der Waals surface area contributed by atoms with Crippen molar-refractivity contribution in [2.45, 2.75) is 19.1 Å². The van der Waals surface area contributed by atoms with Crippen LogP contribution in [0.15, 0.2) is 0 Å². The predicted octanol–water partition coefficient (Wildman–Crippen LogP) is 0.807. The van der Waals surface area contributed by atoms with Crippen molar-refractivity contribution in [1.82, 2.24) is 10.2 Å².